The molecule has 112 valence electrons. The Hall–Kier alpha value is -2.16. The molecule has 1 aliphatic rings. The van der Waals surface area contributed by atoms with E-state index in [1.165, 1.54) is 20.0 Å². The number of rotatable bonds is 3. The zero-order chi connectivity index (χ0) is 15.2. The lowest BCUT2D eigenvalue weighted by atomic mass is 10.2. The molecule has 0 bridgehead atoms. The molecule has 1 amide bonds. The average Bonchev–Trinajstić information content (AvgIpc) is 3.03. The monoisotopic (exact) mass is 310 g/mol. The van der Waals surface area contributed by atoms with E-state index in [-0.39, 0.29) is 16.3 Å². The second-order valence-corrected chi connectivity index (χ2v) is 6.54. The van der Waals surface area contributed by atoms with Crippen LogP contribution in [0.1, 0.15) is 33.9 Å². The summed E-state index contributed by atoms with van der Waals surface area (Å²) in [6.07, 6.45) is 3.01. The maximum Gasteiger partial charge on any atom is 0.269 e. The van der Waals surface area contributed by atoms with Crippen LogP contribution in [0.2, 0.25) is 0 Å². The SMILES string of the molecule is Cc1noc(C)c1S(=O)(=O)NC(=O)c1cnn2c1CCC2. The van der Waals surface area contributed by atoms with Crippen molar-refractivity contribution in [3.05, 3.63) is 28.9 Å². The van der Waals surface area contributed by atoms with E-state index >= 15 is 0 Å². The topological polar surface area (TPSA) is 107 Å². The summed E-state index contributed by atoms with van der Waals surface area (Å²) in [6.45, 7) is 3.74. The zero-order valence-corrected chi connectivity index (χ0v) is 12.4. The molecule has 0 saturated carbocycles. The molecule has 2 aromatic rings. The van der Waals surface area contributed by atoms with Gasteiger partial charge in [-0.05, 0) is 26.7 Å². The molecule has 3 heterocycles. The highest BCUT2D eigenvalue weighted by Gasteiger charge is 2.29. The molecule has 0 radical (unpaired) electrons. The Morgan fingerprint density at radius 1 is 1.43 bits per heavy atom. The number of nitrogens with zero attached hydrogens (tertiary/aromatic N) is 3. The minimum Gasteiger partial charge on any atom is -0.360 e. The quantitative estimate of drug-likeness (QED) is 0.887. The second-order valence-electron chi connectivity index (χ2n) is 4.92. The van der Waals surface area contributed by atoms with Gasteiger partial charge in [0, 0.05) is 6.54 Å². The normalized spacial score (nSPS) is 14.2. The largest absolute Gasteiger partial charge is 0.360 e. The minimum atomic E-state index is -4.01. The Kier molecular flexibility index (Phi) is 3.08. The first-order valence-electron chi connectivity index (χ1n) is 6.45. The van der Waals surface area contributed by atoms with Crippen molar-refractivity contribution in [1.29, 1.82) is 0 Å². The summed E-state index contributed by atoms with van der Waals surface area (Å²) < 4.78 is 33.2. The fourth-order valence-corrected chi connectivity index (χ4v) is 3.84. The van der Waals surface area contributed by atoms with Crippen molar-refractivity contribution in [1.82, 2.24) is 19.7 Å². The van der Waals surface area contributed by atoms with Gasteiger partial charge < -0.3 is 4.52 Å². The van der Waals surface area contributed by atoms with Gasteiger partial charge >= 0.3 is 0 Å². The lowest BCUT2D eigenvalue weighted by Crippen LogP contribution is -2.31. The van der Waals surface area contributed by atoms with E-state index in [4.69, 9.17) is 4.52 Å². The maximum absolute atomic E-state index is 12.3. The van der Waals surface area contributed by atoms with Crippen LogP contribution in [-0.2, 0) is 23.0 Å². The Balaban J connectivity index is 1.91. The molecule has 0 atom stereocenters. The molecule has 0 fully saturated rings. The zero-order valence-electron chi connectivity index (χ0n) is 11.6. The van der Waals surface area contributed by atoms with Crippen LogP contribution in [0.3, 0.4) is 0 Å². The van der Waals surface area contributed by atoms with Crippen molar-refractivity contribution in [3.8, 4) is 0 Å². The van der Waals surface area contributed by atoms with Crippen LogP contribution in [-0.4, -0.2) is 29.3 Å². The van der Waals surface area contributed by atoms with Crippen LogP contribution in [0.5, 0.6) is 0 Å². The van der Waals surface area contributed by atoms with Crippen molar-refractivity contribution < 1.29 is 17.7 Å². The van der Waals surface area contributed by atoms with Crippen LogP contribution >= 0.6 is 0 Å². The standard InChI is InChI=1S/C12H14N4O4S/c1-7-11(8(2)20-14-7)21(18,19)15-12(17)9-6-13-16-5-3-4-10(9)16/h6H,3-5H2,1-2H3,(H,15,17). The molecule has 8 nitrogen and oxygen atoms in total. The molecule has 0 saturated heterocycles. The number of carbonyl (C=O) groups is 1. The van der Waals surface area contributed by atoms with Crippen molar-refractivity contribution in [2.24, 2.45) is 0 Å². The van der Waals surface area contributed by atoms with E-state index in [1.54, 1.807) is 4.68 Å². The van der Waals surface area contributed by atoms with E-state index in [0.29, 0.717) is 12.0 Å². The maximum atomic E-state index is 12.3. The van der Waals surface area contributed by atoms with Crippen LogP contribution in [0.15, 0.2) is 15.6 Å². The molecular weight excluding hydrogens is 296 g/mol. The van der Waals surface area contributed by atoms with Gasteiger partial charge in [-0.25, -0.2) is 13.1 Å². The molecule has 3 rings (SSSR count). The number of nitrogens with one attached hydrogen (secondary N) is 1. The van der Waals surface area contributed by atoms with Crippen LogP contribution in [0.25, 0.3) is 0 Å². The van der Waals surface area contributed by atoms with Gasteiger partial charge in [0.1, 0.15) is 5.69 Å². The predicted molar refractivity (Wildman–Crippen MR) is 71.2 cm³/mol. The highest BCUT2D eigenvalue weighted by molar-refractivity contribution is 7.90. The van der Waals surface area contributed by atoms with Crippen molar-refractivity contribution in [2.45, 2.75) is 38.1 Å². The number of aryl methyl sites for hydroxylation is 3. The molecule has 0 aromatic carbocycles. The summed E-state index contributed by atoms with van der Waals surface area (Å²) in [5.74, 6) is -0.536. The van der Waals surface area contributed by atoms with Crippen LogP contribution < -0.4 is 4.72 Å². The molecule has 0 aliphatic carbocycles. The first-order valence-corrected chi connectivity index (χ1v) is 7.93. The first kappa shape index (κ1) is 13.8. The van der Waals surface area contributed by atoms with Crippen LogP contribution in [0, 0.1) is 13.8 Å². The fourth-order valence-electron chi connectivity index (χ4n) is 2.54. The summed E-state index contributed by atoms with van der Waals surface area (Å²) in [4.78, 5) is 12.1. The minimum absolute atomic E-state index is 0.0975. The van der Waals surface area contributed by atoms with Gasteiger partial charge in [0.25, 0.3) is 15.9 Å². The van der Waals surface area contributed by atoms with E-state index in [0.717, 1.165) is 18.7 Å². The third kappa shape index (κ3) is 2.23. The van der Waals surface area contributed by atoms with E-state index in [9.17, 15) is 13.2 Å². The molecule has 2 aromatic heterocycles. The van der Waals surface area contributed by atoms with Crippen molar-refractivity contribution >= 4 is 15.9 Å². The molecule has 21 heavy (non-hydrogen) atoms. The Morgan fingerprint density at radius 3 is 2.86 bits per heavy atom. The predicted octanol–water partition coefficient (Wildman–Crippen LogP) is 0.553. The Morgan fingerprint density at radius 2 is 2.19 bits per heavy atom. The Bertz CT molecular complexity index is 799. The third-order valence-electron chi connectivity index (χ3n) is 3.44. The highest BCUT2D eigenvalue weighted by Crippen LogP contribution is 2.21. The summed E-state index contributed by atoms with van der Waals surface area (Å²) in [7, 11) is -4.01. The van der Waals surface area contributed by atoms with Crippen molar-refractivity contribution in [2.75, 3.05) is 0 Å². The van der Waals surface area contributed by atoms with E-state index in [2.05, 4.69) is 15.0 Å². The molecule has 9 heteroatoms. The molecular formula is C12H14N4O4S. The fraction of sp³-hybridized carbons (Fsp3) is 0.417. The third-order valence-corrected chi connectivity index (χ3v) is 5.01. The number of aromatic nitrogens is 3. The van der Waals surface area contributed by atoms with Gasteiger partial charge in [-0.15, -0.1) is 0 Å². The average molecular weight is 310 g/mol. The van der Waals surface area contributed by atoms with Gasteiger partial charge in [0.2, 0.25) is 0 Å². The summed E-state index contributed by atoms with van der Waals surface area (Å²) in [5, 5.41) is 7.66. The number of sulfonamides is 1. The summed E-state index contributed by atoms with van der Waals surface area (Å²) in [6, 6.07) is 0. The summed E-state index contributed by atoms with van der Waals surface area (Å²) >= 11 is 0. The van der Waals surface area contributed by atoms with E-state index < -0.39 is 15.9 Å². The second kappa shape index (κ2) is 4.69. The lowest BCUT2D eigenvalue weighted by molar-refractivity contribution is 0.0980. The van der Waals surface area contributed by atoms with Gasteiger partial charge in [-0.1, -0.05) is 5.16 Å². The van der Waals surface area contributed by atoms with Crippen molar-refractivity contribution in [3.63, 3.8) is 0 Å². The summed E-state index contributed by atoms with van der Waals surface area (Å²) in [5.41, 5.74) is 1.28. The number of fused-ring (bicyclic) bond motifs is 1. The smallest absolute Gasteiger partial charge is 0.269 e. The molecule has 0 spiro atoms. The van der Waals surface area contributed by atoms with Gasteiger partial charge in [-0.3, -0.25) is 9.48 Å². The molecule has 1 aliphatic heterocycles. The van der Waals surface area contributed by atoms with Gasteiger partial charge in [-0.2, -0.15) is 5.10 Å². The number of carbonyl (C=O) groups excluding carboxylic acids is 1. The van der Waals surface area contributed by atoms with Gasteiger partial charge in [0.05, 0.1) is 17.5 Å². The van der Waals surface area contributed by atoms with Crippen LogP contribution in [0.4, 0.5) is 0 Å². The van der Waals surface area contributed by atoms with E-state index in [1.807, 2.05) is 0 Å². The first-order chi connectivity index (χ1) is 9.90. The number of hydrogen-bond acceptors (Lipinski definition) is 6. The lowest BCUT2D eigenvalue weighted by Gasteiger charge is -2.06. The molecule has 0 unspecified atom stereocenters. The number of amides is 1. The Labute approximate surface area is 121 Å². The highest BCUT2D eigenvalue weighted by atomic mass is 32.2. The molecule has 1 N–H and O–H groups in total. The number of hydrogen-bond donors (Lipinski definition) is 1. The van der Waals surface area contributed by atoms with Gasteiger partial charge in [0.15, 0.2) is 10.7 Å².